The van der Waals surface area contributed by atoms with E-state index in [9.17, 15) is 18.8 Å². The number of aromatic nitrogens is 1. The highest BCUT2D eigenvalue weighted by atomic mass is 19.1. The first-order valence-corrected chi connectivity index (χ1v) is 9.21. The molecule has 1 aromatic heterocycles. The quantitative estimate of drug-likeness (QED) is 0.751. The zero-order chi connectivity index (χ0) is 19.7. The molecule has 28 heavy (non-hydrogen) atoms. The first kappa shape index (κ1) is 18.2. The van der Waals surface area contributed by atoms with Crippen LogP contribution in [0.4, 0.5) is 10.1 Å². The number of rotatable bonds is 3. The van der Waals surface area contributed by atoms with Gasteiger partial charge in [0.25, 0.3) is 11.8 Å². The number of quaternary nitrogens is 1. The van der Waals surface area contributed by atoms with Crippen LogP contribution >= 0.6 is 0 Å². The van der Waals surface area contributed by atoms with Gasteiger partial charge in [0.15, 0.2) is 6.04 Å². The number of piperazine rings is 1. The molecule has 2 saturated heterocycles. The standard InChI is InChI=1S/C20H19FN4O3/c21-15-3-5-16(6-4-15)25-18(26)12-17(20(25)28)23-8-10-24(11-9-23)19(27)14-2-1-7-22-13-14/h1-7,13,17H,8-12H2/p+1/t17-/m0/s1. The highest BCUT2D eigenvalue weighted by Gasteiger charge is 2.46. The number of nitrogens with one attached hydrogen (secondary N) is 1. The van der Waals surface area contributed by atoms with Crippen LogP contribution < -0.4 is 9.80 Å². The number of amides is 3. The predicted octanol–water partition coefficient (Wildman–Crippen LogP) is -0.106. The van der Waals surface area contributed by atoms with Crippen molar-refractivity contribution in [2.24, 2.45) is 0 Å². The molecule has 8 heteroatoms. The van der Waals surface area contributed by atoms with Crippen molar-refractivity contribution in [3.8, 4) is 0 Å². The van der Waals surface area contributed by atoms with E-state index in [0.717, 1.165) is 9.80 Å². The molecule has 0 spiro atoms. The average Bonchev–Trinajstić information content (AvgIpc) is 3.03. The second kappa shape index (κ2) is 7.47. The Labute approximate surface area is 161 Å². The monoisotopic (exact) mass is 383 g/mol. The summed E-state index contributed by atoms with van der Waals surface area (Å²) in [6.45, 7) is 2.20. The van der Waals surface area contributed by atoms with Crippen molar-refractivity contribution >= 4 is 23.4 Å². The number of nitrogens with zero attached hydrogens (tertiary/aromatic N) is 3. The maximum Gasteiger partial charge on any atom is 0.292 e. The van der Waals surface area contributed by atoms with Gasteiger partial charge in [-0.1, -0.05) is 0 Å². The van der Waals surface area contributed by atoms with Crippen LogP contribution in [0.3, 0.4) is 0 Å². The lowest BCUT2D eigenvalue weighted by Crippen LogP contribution is -3.19. The summed E-state index contributed by atoms with van der Waals surface area (Å²) in [6.07, 6.45) is 3.29. The molecule has 1 N–H and O–H groups in total. The molecule has 2 fully saturated rings. The molecule has 0 aliphatic carbocycles. The molecule has 2 aliphatic rings. The van der Waals surface area contributed by atoms with Gasteiger partial charge in [-0.25, -0.2) is 9.29 Å². The lowest BCUT2D eigenvalue weighted by atomic mass is 10.1. The third-order valence-electron chi connectivity index (χ3n) is 5.33. The molecule has 0 saturated carbocycles. The first-order valence-electron chi connectivity index (χ1n) is 9.21. The maximum absolute atomic E-state index is 13.1. The van der Waals surface area contributed by atoms with E-state index < -0.39 is 11.9 Å². The molecular formula is C20H20FN4O3+. The molecule has 3 heterocycles. The van der Waals surface area contributed by atoms with Gasteiger partial charge in [0.05, 0.1) is 43.9 Å². The van der Waals surface area contributed by atoms with Crippen molar-refractivity contribution in [1.82, 2.24) is 9.88 Å². The van der Waals surface area contributed by atoms with Crippen LogP contribution in [0.25, 0.3) is 0 Å². The van der Waals surface area contributed by atoms with E-state index >= 15 is 0 Å². The van der Waals surface area contributed by atoms with Crippen molar-refractivity contribution in [1.29, 1.82) is 0 Å². The van der Waals surface area contributed by atoms with Gasteiger partial charge < -0.3 is 9.80 Å². The molecule has 7 nitrogen and oxygen atoms in total. The number of hydrogen-bond donors (Lipinski definition) is 1. The molecule has 1 aromatic carbocycles. The van der Waals surface area contributed by atoms with Gasteiger partial charge in [-0.2, -0.15) is 0 Å². The highest BCUT2D eigenvalue weighted by molar-refractivity contribution is 6.21. The fourth-order valence-corrected chi connectivity index (χ4v) is 3.83. The predicted molar refractivity (Wildman–Crippen MR) is 98.1 cm³/mol. The summed E-state index contributed by atoms with van der Waals surface area (Å²) in [5.74, 6) is -1.03. The molecular weight excluding hydrogens is 363 g/mol. The number of imide groups is 1. The zero-order valence-corrected chi connectivity index (χ0v) is 15.2. The maximum atomic E-state index is 13.1. The summed E-state index contributed by atoms with van der Waals surface area (Å²) in [7, 11) is 0. The van der Waals surface area contributed by atoms with Crippen molar-refractivity contribution in [3.63, 3.8) is 0 Å². The second-order valence-electron chi connectivity index (χ2n) is 6.99. The minimum absolute atomic E-state index is 0.0751. The lowest BCUT2D eigenvalue weighted by molar-refractivity contribution is -0.918. The van der Waals surface area contributed by atoms with Crippen LogP contribution in [-0.4, -0.2) is 59.8 Å². The fraction of sp³-hybridized carbons (Fsp3) is 0.300. The van der Waals surface area contributed by atoms with Gasteiger partial charge in [-0.3, -0.25) is 19.4 Å². The Morgan fingerprint density at radius 3 is 2.46 bits per heavy atom. The number of carbonyl (C=O) groups is 3. The molecule has 2 aromatic rings. The van der Waals surface area contributed by atoms with Crippen LogP contribution in [0.2, 0.25) is 0 Å². The van der Waals surface area contributed by atoms with Gasteiger partial charge in [0.2, 0.25) is 5.91 Å². The molecule has 0 unspecified atom stereocenters. The van der Waals surface area contributed by atoms with Crippen LogP contribution in [0.15, 0.2) is 48.8 Å². The average molecular weight is 383 g/mol. The van der Waals surface area contributed by atoms with E-state index in [0.29, 0.717) is 37.4 Å². The number of pyridine rings is 1. The van der Waals surface area contributed by atoms with Gasteiger partial charge in [-0.15, -0.1) is 0 Å². The Balaban J connectivity index is 1.41. The number of benzene rings is 1. The second-order valence-corrected chi connectivity index (χ2v) is 6.99. The van der Waals surface area contributed by atoms with Crippen molar-refractivity contribution in [3.05, 3.63) is 60.2 Å². The zero-order valence-electron chi connectivity index (χ0n) is 15.2. The normalized spacial score (nSPS) is 20.7. The molecule has 144 valence electrons. The van der Waals surface area contributed by atoms with Gasteiger partial charge in [0.1, 0.15) is 5.82 Å². The molecule has 1 atom stereocenters. The van der Waals surface area contributed by atoms with Crippen molar-refractivity contribution in [2.75, 3.05) is 31.1 Å². The Morgan fingerprint density at radius 1 is 1.11 bits per heavy atom. The first-order chi connectivity index (χ1) is 13.5. The lowest BCUT2D eigenvalue weighted by Gasteiger charge is -2.34. The smallest absolute Gasteiger partial charge is 0.292 e. The summed E-state index contributed by atoms with van der Waals surface area (Å²) in [6, 6.07) is 8.34. The molecule has 4 rings (SSSR count). The van der Waals surface area contributed by atoms with Crippen LogP contribution in [-0.2, 0) is 9.59 Å². The van der Waals surface area contributed by atoms with E-state index in [1.807, 2.05) is 0 Å². The highest BCUT2D eigenvalue weighted by Crippen LogP contribution is 2.22. The van der Waals surface area contributed by atoms with Crippen LogP contribution in [0.5, 0.6) is 0 Å². The third kappa shape index (κ3) is 3.38. The van der Waals surface area contributed by atoms with Crippen molar-refractivity contribution < 1.29 is 23.7 Å². The van der Waals surface area contributed by atoms with Gasteiger partial charge >= 0.3 is 0 Å². The van der Waals surface area contributed by atoms with Crippen molar-refractivity contribution in [2.45, 2.75) is 12.5 Å². The molecule has 0 radical (unpaired) electrons. The third-order valence-corrected chi connectivity index (χ3v) is 5.33. The Morgan fingerprint density at radius 2 is 1.82 bits per heavy atom. The fourth-order valence-electron chi connectivity index (χ4n) is 3.83. The van der Waals surface area contributed by atoms with E-state index in [1.165, 1.54) is 24.3 Å². The molecule has 3 amide bonds. The van der Waals surface area contributed by atoms with E-state index in [-0.39, 0.29) is 24.1 Å². The Hall–Kier alpha value is -3.13. The molecule has 0 bridgehead atoms. The minimum atomic E-state index is -0.465. The summed E-state index contributed by atoms with van der Waals surface area (Å²) < 4.78 is 13.1. The summed E-state index contributed by atoms with van der Waals surface area (Å²) >= 11 is 0. The van der Waals surface area contributed by atoms with E-state index in [4.69, 9.17) is 0 Å². The summed E-state index contributed by atoms with van der Waals surface area (Å²) in [5, 5.41) is 0. The number of anilines is 1. The Bertz CT molecular complexity index is 895. The van der Waals surface area contributed by atoms with Crippen LogP contribution in [0.1, 0.15) is 16.8 Å². The summed E-state index contributed by atoms with van der Waals surface area (Å²) in [5.41, 5.74) is 0.934. The molecule has 2 aliphatic heterocycles. The van der Waals surface area contributed by atoms with Gasteiger partial charge in [-0.05, 0) is 36.4 Å². The largest absolute Gasteiger partial charge is 0.327 e. The Kier molecular flexibility index (Phi) is 4.87. The number of carbonyl (C=O) groups excluding carboxylic acids is 3. The van der Waals surface area contributed by atoms with Crippen LogP contribution in [0, 0.1) is 5.82 Å². The van der Waals surface area contributed by atoms with Gasteiger partial charge in [0, 0.05) is 12.4 Å². The minimum Gasteiger partial charge on any atom is -0.327 e. The SMILES string of the molecule is O=C(c1cccnc1)N1CC[NH+]([C@H]2CC(=O)N(c3ccc(F)cc3)C2=O)CC1. The topological polar surface area (TPSA) is 75.0 Å². The number of halogens is 1. The number of hydrogen-bond acceptors (Lipinski definition) is 4. The van der Waals surface area contributed by atoms with E-state index in [2.05, 4.69) is 4.98 Å². The van der Waals surface area contributed by atoms with E-state index in [1.54, 1.807) is 29.4 Å². The summed E-state index contributed by atoms with van der Waals surface area (Å²) in [4.78, 5) is 45.6.